The van der Waals surface area contributed by atoms with Gasteiger partial charge in [0.15, 0.2) is 0 Å². The Morgan fingerprint density at radius 2 is 1.85 bits per heavy atom. The molecule has 1 heterocycles. The molecule has 2 rings (SSSR count). The average Bonchev–Trinajstić information content (AvgIpc) is 2.38. The molecule has 0 N–H and O–H groups in total. The van der Waals surface area contributed by atoms with Crippen molar-refractivity contribution in [2.75, 3.05) is 19.6 Å². The number of likely N-dealkylation sites (tertiary alicyclic amines) is 1. The van der Waals surface area contributed by atoms with Crippen molar-refractivity contribution in [3.8, 4) is 0 Å². The SMILES string of the molecule is CCc1cc(C2CCN(CC(F)(F)F)CC2)ccc1C. The van der Waals surface area contributed by atoms with Gasteiger partial charge in [0.1, 0.15) is 0 Å². The van der Waals surface area contributed by atoms with E-state index in [-0.39, 0.29) is 0 Å². The lowest BCUT2D eigenvalue weighted by molar-refractivity contribution is -0.147. The van der Waals surface area contributed by atoms with Gasteiger partial charge in [-0.15, -0.1) is 0 Å². The molecule has 1 aliphatic rings. The maximum absolute atomic E-state index is 12.4. The first-order chi connectivity index (χ1) is 9.39. The lowest BCUT2D eigenvalue weighted by Crippen LogP contribution is -2.39. The molecule has 4 heteroatoms. The normalized spacial score (nSPS) is 18.4. The summed E-state index contributed by atoms with van der Waals surface area (Å²) in [5, 5.41) is 0. The minimum atomic E-state index is -4.08. The van der Waals surface area contributed by atoms with Gasteiger partial charge in [0.25, 0.3) is 0 Å². The Kier molecular flexibility index (Phi) is 4.74. The predicted octanol–water partition coefficient (Wildman–Crippen LogP) is 4.30. The van der Waals surface area contributed by atoms with Crippen LogP contribution in [0.2, 0.25) is 0 Å². The molecule has 0 aliphatic carbocycles. The van der Waals surface area contributed by atoms with E-state index in [0.29, 0.717) is 19.0 Å². The Balaban J connectivity index is 1.97. The number of rotatable bonds is 3. The van der Waals surface area contributed by atoms with E-state index in [2.05, 4.69) is 32.0 Å². The van der Waals surface area contributed by atoms with Crippen LogP contribution in [-0.4, -0.2) is 30.7 Å². The van der Waals surface area contributed by atoms with Crippen LogP contribution < -0.4 is 0 Å². The zero-order valence-corrected chi connectivity index (χ0v) is 12.1. The second-order valence-electron chi connectivity index (χ2n) is 5.71. The lowest BCUT2D eigenvalue weighted by Gasteiger charge is -2.32. The lowest BCUT2D eigenvalue weighted by atomic mass is 9.87. The van der Waals surface area contributed by atoms with Crippen molar-refractivity contribution >= 4 is 0 Å². The second kappa shape index (κ2) is 6.17. The molecule has 0 amide bonds. The smallest absolute Gasteiger partial charge is 0.295 e. The third kappa shape index (κ3) is 3.98. The molecule has 1 aliphatic heterocycles. The maximum Gasteiger partial charge on any atom is 0.401 e. The number of aryl methyl sites for hydroxylation is 2. The molecule has 1 aromatic rings. The van der Waals surface area contributed by atoms with E-state index in [4.69, 9.17) is 0 Å². The van der Waals surface area contributed by atoms with Gasteiger partial charge in [-0.3, -0.25) is 4.90 Å². The molecule has 0 aromatic heterocycles. The fourth-order valence-corrected chi connectivity index (χ4v) is 3.00. The Morgan fingerprint density at radius 1 is 1.20 bits per heavy atom. The van der Waals surface area contributed by atoms with E-state index in [9.17, 15) is 13.2 Å². The molecule has 0 unspecified atom stereocenters. The van der Waals surface area contributed by atoms with E-state index < -0.39 is 12.7 Å². The number of alkyl halides is 3. The van der Waals surface area contributed by atoms with Crippen LogP contribution in [0.3, 0.4) is 0 Å². The molecule has 112 valence electrons. The number of halogens is 3. The summed E-state index contributed by atoms with van der Waals surface area (Å²) in [5.41, 5.74) is 3.94. The standard InChI is InChI=1S/C16H22F3N/c1-3-13-10-15(5-4-12(13)2)14-6-8-20(9-7-14)11-16(17,18)19/h4-5,10,14H,3,6-9,11H2,1-2H3. The zero-order valence-electron chi connectivity index (χ0n) is 12.1. The van der Waals surface area contributed by atoms with Gasteiger partial charge in [-0.1, -0.05) is 25.1 Å². The topological polar surface area (TPSA) is 3.24 Å². The fraction of sp³-hybridized carbons (Fsp3) is 0.625. The van der Waals surface area contributed by atoms with Crippen LogP contribution in [0.15, 0.2) is 18.2 Å². The predicted molar refractivity (Wildman–Crippen MR) is 75.0 cm³/mol. The molecule has 0 spiro atoms. The van der Waals surface area contributed by atoms with E-state index in [0.717, 1.165) is 19.3 Å². The number of hydrogen-bond donors (Lipinski definition) is 0. The molecule has 1 nitrogen and oxygen atoms in total. The van der Waals surface area contributed by atoms with Crippen LogP contribution in [0.4, 0.5) is 13.2 Å². The fourth-order valence-electron chi connectivity index (χ4n) is 3.00. The molecule has 0 saturated carbocycles. The van der Waals surface area contributed by atoms with Crippen LogP contribution in [0.25, 0.3) is 0 Å². The Hall–Kier alpha value is -1.03. The molecule has 20 heavy (non-hydrogen) atoms. The highest BCUT2D eigenvalue weighted by atomic mass is 19.4. The maximum atomic E-state index is 12.4. The summed E-state index contributed by atoms with van der Waals surface area (Å²) in [5.74, 6) is 0.408. The van der Waals surface area contributed by atoms with Crippen molar-refractivity contribution in [3.05, 3.63) is 34.9 Å². The van der Waals surface area contributed by atoms with Gasteiger partial charge in [-0.2, -0.15) is 13.2 Å². The average molecular weight is 285 g/mol. The van der Waals surface area contributed by atoms with Gasteiger partial charge in [0, 0.05) is 0 Å². The van der Waals surface area contributed by atoms with Crippen molar-refractivity contribution in [1.82, 2.24) is 4.90 Å². The Morgan fingerprint density at radius 3 is 2.40 bits per heavy atom. The highest BCUT2D eigenvalue weighted by molar-refractivity contribution is 5.33. The van der Waals surface area contributed by atoms with Gasteiger partial charge in [-0.25, -0.2) is 0 Å². The van der Waals surface area contributed by atoms with E-state index in [1.807, 2.05) is 0 Å². The summed E-state index contributed by atoms with van der Waals surface area (Å²) in [6, 6.07) is 6.51. The van der Waals surface area contributed by atoms with Gasteiger partial charge >= 0.3 is 6.18 Å². The van der Waals surface area contributed by atoms with Crippen molar-refractivity contribution in [3.63, 3.8) is 0 Å². The molecule has 0 atom stereocenters. The molecule has 1 aromatic carbocycles. The summed E-state index contributed by atoms with van der Waals surface area (Å²) in [4.78, 5) is 1.52. The minimum absolute atomic E-state index is 0.408. The summed E-state index contributed by atoms with van der Waals surface area (Å²) in [6.45, 7) is 4.56. The third-order valence-corrected chi connectivity index (χ3v) is 4.22. The Bertz CT molecular complexity index is 446. The van der Waals surface area contributed by atoms with Crippen molar-refractivity contribution < 1.29 is 13.2 Å². The number of hydrogen-bond acceptors (Lipinski definition) is 1. The third-order valence-electron chi connectivity index (χ3n) is 4.22. The number of nitrogens with zero attached hydrogens (tertiary/aromatic N) is 1. The van der Waals surface area contributed by atoms with E-state index in [1.165, 1.54) is 21.6 Å². The van der Waals surface area contributed by atoms with Crippen LogP contribution in [0.5, 0.6) is 0 Å². The van der Waals surface area contributed by atoms with Gasteiger partial charge in [0.2, 0.25) is 0 Å². The van der Waals surface area contributed by atoms with Crippen molar-refractivity contribution in [1.29, 1.82) is 0 Å². The molecule has 1 fully saturated rings. The van der Waals surface area contributed by atoms with Crippen LogP contribution in [0, 0.1) is 6.92 Å². The summed E-state index contributed by atoms with van der Waals surface area (Å²) < 4.78 is 37.1. The van der Waals surface area contributed by atoms with Gasteiger partial charge in [0.05, 0.1) is 6.54 Å². The van der Waals surface area contributed by atoms with Crippen LogP contribution >= 0.6 is 0 Å². The van der Waals surface area contributed by atoms with E-state index >= 15 is 0 Å². The van der Waals surface area contributed by atoms with Crippen LogP contribution in [0.1, 0.15) is 42.4 Å². The molecular formula is C16H22F3N. The number of piperidine rings is 1. The van der Waals surface area contributed by atoms with E-state index in [1.54, 1.807) is 0 Å². The van der Waals surface area contributed by atoms with Gasteiger partial charge in [-0.05, 0) is 61.9 Å². The second-order valence-corrected chi connectivity index (χ2v) is 5.71. The molecule has 0 bridgehead atoms. The quantitative estimate of drug-likeness (QED) is 0.800. The highest BCUT2D eigenvalue weighted by Gasteiger charge is 2.32. The first-order valence-electron chi connectivity index (χ1n) is 7.27. The first kappa shape index (κ1) is 15.4. The highest BCUT2D eigenvalue weighted by Crippen LogP contribution is 2.30. The molecular weight excluding hydrogens is 263 g/mol. The van der Waals surface area contributed by atoms with Crippen molar-refractivity contribution in [2.24, 2.45) is 0 Å². The zero-order chi connectivity index (χ0) is 14.8. The molecule has 0 radical (unpaired) electrons. The minimum Gasteiger partial charge on any atom is -0.295 e. The monoisotopic (exact) mass is 285 g/mol. The summed E-state index contributed by atoms with van der Waals surface area (Å²) >= 11 is 0. The Labute approximate surface area is 118 Å². The number of benzene rings is 1. The van der Waals surface area contributed by atoms with Crippen molar-refractivity contribution in [2.45, 2.75) is 45.2 Å². The summed E-state index contributed by atoms with van der Waals surface area (Å²) in [6.07, 6.45) is -1.43. The summed E-state index contributed by atoms with van der Waals surface area (Å²) in [7, 11) is 0. The van der Waals surface area contributed by atoms with Crippen LogP contribution in [-0.2, 0) is 6.42 Å². The largest absolute Gasteiger partial charge is 0.401 e. The first-order valence-corrected chi connectivity index (χ1v) is 7.27. The van der Waals surface area contributed by atoms with Gasteiger partial charge < -0.3 is 0 Å². The molecule has 1 saturated heterocycles.